The van der Waals surface area contributed by atoms with E-state index in [1.54, 1.807) is 6.26 Å². The monoisotopic (exact) mass is 227 g/mol. The van der Waals surface area contributed by atoms with Crippen molar-refractivity contribution < 1.29 is 14.5 Å². The van der Waals surface area contributed by atoms with E-state index in [1.165, 1.54) is 25.3 Å². The van der Waals surface area contributed by atoms with Gasteiger partial charge in [-0.25, -0.2) is 4.79 Å². The van der Waals surface area contributed by atoms with Crippen molar-refractivity contribution in [2.24, 2.45) is 0 Å². The highest BCUT2D eigenvalue weighted by Crippen LogP contribution is 2.31. The fourth-order valence-corrected chi connectivity index (χ4v) is 1.88. The Balaban J connectivity index is 3.34. The molecule has 0 heterocycles. The van der Waals surface area contributed by atoms with Crippen molar-refractivity contribution in [3.8, 4) is 0 Å². The van der Waals surface area contributed by atoms with Crippen molar-refractivity contribution in [3.05, 3.63) is 33.9 Å². The molecule has 1 rings (SSSR count). The largest absolute Gasteiger partial charge is 0.465 e. The van der Waals surface area contributed by atoms with Crippen LogP contribution in [0.3, 0.4) is 0 Å². The van der Waals surface area contributed by atoms with E-state index in [4.69, 9.17) is 0 Å². The number of nitrogens with zero attached hydrogens (tertiary/aromatic N) is 1. The summed E-state index contributed by atoms with van der Waals surface area (Å²) in [4.78, 5) is 21.8. The zero-order valence-electron chi connectivity index (χ0n) is 8.22. The highest BCUT2D eigenvalue weighted by Gasteiger charge is 2.20. The molecule has 0 bridgehead atoms. The molecule has 1 aromatic rings. The Morgan fingerprint density at radius 1 is 1.53 bits per heavy atom. The van der Waals surface area contributed by atoms with E-state index < -0.39 is 10.9 Å². The Morgan fingerprint density at radius 3 is 2.67 bits per heavy atom. The fourth-order valence-electron chi connectivity index (χ4n) is 1.15. The molecule has 0 fully saturated rings. The first kappa shape index (κ1) is 11.5. The number of nitro groups is 1. The van der Waals surface area contributed by atoms with Crippen molar-refractivity contribution in [2.75, 3.05) is 13.4 Å². The van der Waals surface area contributed by atoms with Gasteiger partial charge in [0.2, 0.25) is 0 Å². The summed E-state index contributed by atoms with van der Waals surface area (Å²) in [6.07, 6.45) is 1.68. The minimum Gasteiger partial charge on any atom is -0.465 e. The van der Waals surface area contributed by atoms with Crippen molar-refractivity contribution >= 4 is 23.4 Å². The first-order valence-electron chi connectivity index (χ1n) is 4.01. The predicted octanol–water partition coefficient (Wildman–Crippen LogP) is 2.10. The van der Waals surface area contributed by atoms with E-state index in [-0.39, 0.29) is 11.3 Å². The molecule has 0 aliphatic carbocycles. The molecule has 0 unspecified atom stereocenters. The van der Waals surface area contributed by atoms with E-state index in [1.807, 2.05) is 0 Å². The lowest BCUT2D eigenvalue weighted by molar-refractivity contribution is -0.387. The number of ether oxygens (including phenoxy) is 1. The van der Waals surface area contributed by atoms with Crippen LogP contribution in [-0.2, 0) is 4.74 Å². The van der Waals surface area contributed by atoms with Crippen LogP contribution in [0, 0.1) is 10.1 Å². The van der Waals surface area contributed by atoms with Gasteiger partial charge in [0.05, 0.1) is 22.5 Å². The molecule has 0 aliphatic rings. The van der Waals surface area contributed by atoms with Crippen LogP contribution < -0.4 is 0 Å². The van der Waals surface area contributed by atoms with Gasteiger partial charge in [0.15, 0.2) is 0 Å². The van der Waals surface area contributed by atoms with E-state index in [0.29, 0.717) is 4.90 Å². The Kier molecular flexibility index (Phi) is 3.68. The minimum atomic E-state index is -0.567. The molecular weight excluding hydrogens is 218 g/mol. The number of thioether (sulfide) groups is 1. The van der Waals surface area contributed by atoms with Crippen molar-refractivity contribution in [3.63, 3.8) is 0 Å². The molecule has 6 heteroatoms. The molecule has 5 nitrogen and oxygen atoms in total. The SMILES string of the molecule is COC(=O)c1cccc([N+](=O)[O-])c1SC. The summed E-state index contributed by atoms with van der Waals surface area (Å²) in [7, 11) is 1.24. The lowest BCUT2D eigenvalue weighted by Crippen LogP contribution is -2.04. The second-order valence-electron chi connectivity index (χ2n) is 2.61. The Hall–Kier alpha value is -1.56. The number of carbonyl (C=O) groups is 1. The number of carbonyl (C=O) groups excluding carboxylic acids is 1. The first-order chi connectivity index (χ1) is 7.11. The Labute approximate surface area is 90.6 Å². The predicted molar refractivity (Wildman–Crippen MR) is 56.2 cm³/mol. The van der Waals surface area contributed by atoms with Gasteiger partial charge in [0, 0.05) is 6.07 Å². The van der Waals surface area contributed by atoms with Crippen LogP contribution in [0.1, 0.15) is 10.4 Å². The van der Waals surface area contributed by atoms with Gasteiger partial charge in [-0.1, -0.05) is 6.07 Å². The number of hydrogen-bond donors (Lipinski definition) is 0. The number of hydrogen-bond acceptors (Lipinski definition) is 5. The van der Waals surface area contributed by atoms with Crippen LogP contribution in [0.2, 0.25) is 0 Å². The number of nitro benzene ring substituents is 1. The lowest BCUT2D eigenvalue weighted by atomic mass is 10.2. The molecule has 0 saturated heterocycles. The normalized spacial score (nSPS) is 9.73. The van der Waals surface area contributed by atoms with Gasteiger partial charge in [-0.05, 0) is 12.3 Å². The summed E-state index contributed by atoms with van der Waals surface area (Å²) < 4.78 is 4.54. The fraction of sp³-hybridized carbons (Fsp3) is 0.222. The minimum absolute atomic E-state index is 0.0783. The molecule has 0 spiro atoms. The van der Waals surface area contributed by atoms with Crippen LogP contribution in [0.4, 0.5) is 5.69 Å². The molecule has 0 atom stereocenters. The zero-order chi connectivity index (χ0) is 11.4. The second kappa shape index (κ2) is 4.79. The molecule has 1 aromatic carbocycles. The number of benzene rings is 1. The molecule has 0 saturated carbocycles. The van der Waals surface area contributed by atoms with Gasteiger partial charge in [-0.3, -0.25) is 10.1 Å². The summed E-state index contributed by atoms with van der Waals surface area (Å²) in [5, 5.41) is 10.7. The van der Waals surface area contributed by atoms with Crippen molar-refractivity contribution in [1.29, 1.82) is 0 Å². The Bertz CT molecular complexity index is 405. The second-order valence-corrected chi connectivity index (χ2v) is 3.42. The standard InChI is InChI=1S/C9H9NO4S/c1-14-9(11)6-4-3-5-7(10(12)13)8(6)15-2/h3-5H,1-2H3. The van der Waals surface area contributed by atoms with Gasteiger partial charge in [0.25, 0.3) is 5.69 Å². The van der Waals surface area contributed by atoms with Crippen molar-refractivity contribution in [1.82, 2.24) is 0 Å². The smallest absolute Gasteiger partial charge is 0.339 e. The summed E-state index contributed by atoms with van der Waals surface area (Å²) in [5.41, 5.74) is 0.143. The van der Waals surface area contributed by atoms with Crippen LogP contribution in [0.15, 0.2) is 23.1 Å². The van der Waals surface area contributed by atoms with Crippen LogP contribution >= 0.6 is 11.8 Å². The number of methoxy groups -OCH3 is 1. The van der Waals surface area contributed by atoms with Gasteiger partial charge >= 0.3 is 5.97 Å². The van der Waals surface area contributed by atoms with Gasteiger partial charge in [-0.2, -0.15) is 0 Å². The average Bonchev–Trinajstić information content (AvgIpc) is 2.26. The average molecular weight is 227 g/mol. The van der Waals surface area contributed by atoms with E-state index in [2.05, 4.69) is 4.74 Å². The molecule has 0 aliphatic heterocycles. The lowest BCUT2D eigenvalue weighted by Gasteiger charge is -2.05. The molecule has 80 valence electrons. The molecule has 0 N–H and O–H groups in total. The summed E-state index contributed by atoms with van der Waals surface area (Å²) in [6, 6.07) is 4.33. The van der Waals surface area contributed by atoms with Gasteiger partial charge < -0.3 is 4.74 Å². The quantitative estimate of drug-likeness (QED) is 0.342. The zero-order valence-corrected chi connectivity index (χ0v) is 9.04. The van der Waals surface area contributed by atoms with Crippen molar-refractivity contribution in [2.45, 2.75) is 4.90 Å². The molecular formula is C9H9NO4S. The third-order valence-corrected chi connectivity index (χ3v) is 2.64. The molecule has 15 heavy (non-hydrogen) atoms. The third-order valence-electron chi connectivity index (χ3n) is 1.80. The van der Waals surface area contributed by atoms with Gasteiger partial charge in [-0.15, -0.1) is 11.8 Å². The number of esters is 1. The maximum Gasteiger partial charge on any atom is 0.339 e. The summed E-state index contributed by atoms with van der Waals surface area (Å²) in [6.45, 7) is 0. The highest BCUT2D eigenvalue weighted by atomic mass is 32.2. The van der Waals surface area contributed by atoms with Crippen LogP contribution in [0.5, 0.6) is 0 Å². The summed E-state index contributed by atoms with van der Waals surface area (Å²) >= 11 is 1.15. The third kappa shape index (κ3) is 2.27. The van der Waals surface area contributed by atoms with E-state index in [9.17, 15) is 14.9 Å². The topological polar surface area (TPSA) is 69.4 Å². The van der Waals surface area contributed by atoms with Gasteiger partial charge in [0.1, 0.15) is 0 Å². The summed E-state index contributed by atoms with van der Waals surface area (Å²) in [5.74, 6) is -0.567. The maximum absolute atomic E-state index is 11.3. The maximum atomic E-state index is 11.3. The molecule has 0 amide bonds. The highest BCUT2D eigenvalue weighted by molar-refractivity contribution is 7.98. The number of rotatable bonds is 3. The van der Waals surface area contributed by atoms with E-state index in [0.717, 1.165) is 11.8 Å². The Morgan fingerprint density at radius 2 is 2.20 bits per heavy atom. The van der Waals surface area contributed by atoms with E-state index >= 15 is 0 Å². The van der Waals surface area contributed by atoms with Crippen LogP contribution in [-0.4, -0.2) is 24.3 Å². The molecule has 0 radical (unpaired) electrons. The first-order valence-corrected chi connectivity index (χ1v) is 5.24. The van der Waals surface area contributed by atoms with Crippen LogP contribution in [0.25, 0.3) is 0 Å². The molecule has 0 aromatic heterocycles.